The van der Waals surface area contributed by atoms with Gasteiger partial charge in [-0.2, -0.15) is 0 Å². The second-order valence-corrected chi connectivity index (χ2v) is 8.13. The molecule has 1 N–H and O–H groups in total. The maximum absolute atomic E-state index is 12.5. The van der Waals surface area contributed by atoms with E-state index in [0.717, 1.165) is 56.0 Å². The Morgan fingerprint density at radius 3 is 2.83 bits per heavy atom. The van der Waals surface area contributed by atoms with Crippen LogP contribution in [0.2, 0.25) is 0 Å². The molecule has 1 saturated heterocycles. The quantitative estimate of drug-likeness (QED) is 0.725. The number of nitrogens with one attached hydrogen (secondary N) is 1. The highest BCUT2D eigenvalue weighted by Crippen LogP contribution is 2.46. The summed E-state index contributed by atoms with van der Waals surface area (Å²) in [6, 6.07) is 12.1. The van der Waals surface area contributed by atoms with Crippen molar-refractivity contribution in [2.75, 3.05) is 33.4 Å². The van der Waals surface area contributed by atoms with Crippen LogP contribution in [0.15, 0.2) is 47.1 Å². The summed E-state index contributed by atoms with van der Waals surface area (Å²) in [5.74, 6) is 2.20. The first-order valence-corrected chi connectivity index (χ1v) is 10.5. The average molecular weight is 399 g/mol. The minimum Gasteiger partial charge on any atom is -0.487 e. The largest absolute Gasteiger partial charge is 0.487 e. The number of amides is 1. The Kier molecular flexibility index (Phi) is 6.21. The summed E-state index contributed by atoms with van der Waals surface area (Å²) in [6.45, 7) is 3.86. The van der Waals surface area contributed by atoms with E-state index in [0.29, 0.717) is 19.6 Å². The molecule has 0 radical (unpaired) electrons. The molecule has 4 rings (SSSR count). The summed E-state index contributed by atoms with van der Waals surface area (Å²) in [6.07, 6.45) is 5.02. The molecule has 0 bridgehead atoms. The summed E-state index contributed by atoms with van der Waals surface area (Å²) in [7, 11) is 1.64. The molecule has 2 aliphatic heterocycles. The molecule has 1 atom stereocenters. The molecule has 1 amide bonds. The van der Waals surface area contributed by atoms with Crippen molar-refractivity contribution in [2.45, 2.75) is 43.7 Å². The van der Waals surface area contributed by atoms with Gasteiger partial charge in [0.15, 0.2) is 0 Å². The monoisotopic (exact) mass is 398 g/mol. The van der Waals surface area contributed by atoms with Crippen molar-refractivity contribution in [3.05, 3.63) is 54.0 Å². The summed E-state index contributed by atoms with van der Waals surface area (Å²) in [4.78, 5) is 14.9. The normalized spacial score (nSPS) is 20.8. The van der Waals surface area contributed by atoms with Gasteiger partial charge in [-0.25, -0.2) is 0 Å². The number of benzene rings is 1. The molecule has 3 heterocycles. The number of methoxy groups -OCH3 is 1. The molecule has 0 unspecified atom stereocenters. The van der Waals surface area contributed by atoms with Crippen molar-refractivity contribution in [1.82, 2.24) is 10.2 Å². The number of nitrogens with zero attached hydrogens (tertiary/aromatic N) is 1. The topological polar surface area (TPSA) is 63.9 Å². The molecule has 0 aliphatic carbocycles. The molecular weight excluding hydrogens is 368 g/mol. The van der Waals surface area contributed by atoms with E-state index >= 15 is 0 Å². The van der Waals surface area contributed by atoms with Crippen molar-refractivity contribution in [3.8, 4) is 5.75 Å². The highest BCUT2D eigenvalue weighted by molar-refractivity contribution is 5.77. The molecule has 156 valence electrons. The van der Waals surface area contributed by atoms with Gasteiger partial charge in [-0.1, -0.05) is 18.2 Å². The van der Waals surface area contributed by atoms with Gasteiger partial charge >= 0.3 is 0 Å². The third-order valence-corrected chi connectivity index (χ3v) is 6.09. The van der Waals surface area contributed by atoms with Crippen LogP contribution in [-0.4, -0.2) is 49.8 Å². The van der Waals surface area contributed by atoms with Crippen LogP contribution in [0.3, 0.4) is 0 Å². The van der Waals surface area contributed by atoms with Gasteiger partial charge in [0, 0.05) is 39.1 Å². The van der Waals surface area contributed by atoms with Crippen LogP contribution in [0.4, 0.5) is 0 Å². The van der Waals surface area contributed by atoms with Gasteiger partial charge in [-0.15, -0.1) is 0 Å². The minimum absolute atomic E-state index is 0.0779. The lowest BCUT2D eigenvalue weighted by atomic mass is 9.76. The summed E-state index contributed by atoms with van der Waals surface area (Å²) >= 11 is 0. The number of carbonyl (C=O) groups excluding carboxylic acids is 1. The Hall–Kier alpha value is -2.31. The Balaban J connectivity index is 1.42. The minimum atomic E-state index is -0.189. The molecule has 2 aromatic rings. The van der Waals surface area contributed by atoms with Gasteiger partial charge < -0.3 is 19.2 Å². The van der Waals surface area contributed by atoms with E-state index in [2.05, 4.69) is 16.3 Å². The Morgan fingerprint density at radius 1 is 1.24 bits per heavy atom. The number of fused-ring (bicyclic) bond motifs is 1. The number of rotatable bonds is 7. The van der Waals surface area contributed by atoms with Crippen LogP contribution < -0.4 is 10.1 Å². The van der Waals surface area contributed by atoms with Crippen LogP contribution in [0.5, 0.6) is 5.75 Å². The van der Waals surface area contributed by atoms with E-state index in [1.807, 2.05) is 30.3 Å². The van der Waals surface area contributed by atoms with E-state index < -0.39 is 0 Å². The molecular formula is C23H30N2O4. The molecule has 1 fully saturated rings. The SMILES string of the molecule is COCCNC(=O)C[C@@H]1CC2(CCN(Cc3ccco3)CC2)Oc2ccccc21. The number of hydrogen-bond acceptors (Lipinski definition) is 5. The molecule has 2 aliphatic rings. The van der Waals surface area contributed by atoms with E-state index in [1.165, 1.54) is 0 Å². The van der Waals surface area contributed by atoms with Crippen molar-refractivity contribution in [3.63, 3.8) is 0 Å². The molecule has 0 saturated carbocycles. The number of carbonyl (C=O) groups is 1. The van der Waals surface area contributed by atoms with Gasteiger partial charge in [-0.05, 0) is 43.0 Å². The standard InChI is InChI=1S/C23H30N2O4/c1-27-14-10-24-22(26)15-18-16-23(29-21-7-3-2-6-20(18)21)8-11-25(12-9-23)17-19-5-4-13-28-19/h2-7,13,18H,8-12,14-17H2,1H3,(H,24,26)/t18-/m1/s1. The fourth-order valence-corrected chi connectivity index (χ4v) is 4.56. The molecule has 6 heteroatoms. The molecule has 1 aromatic carbocycles. The van der Waals surface area contributed by atoms with Gasteiger partial charge in [0.1, 0.15) is 17.1 Å². The second kappa shape index (κ2) is 9.01. The zero-order valence-electron chi connectivity index (χ0n) is 17.1. The lowest BCUT2D eigenvalue weighted by Gasteiger charge is -2.46. The summed E-state index contributed by atoms with van der Waals surface area (Å²) < 4.78 is 17.1. The maximum atomic E-state index is 12.5. The second-order valence-electron chi connectivity index (χ2n) is 8.13. The number of furan rings is 1. The van der Waals surface area contributed by atoms with Crippen LogP contribution >= 0.6 is 0 Å². The number of piperidine rings is 1. The Labute approximate surface area is 172 Å². The Bertz CT molecular complexity index is 797. The summed E-state index contributed by atoms with van der Waals surface area (Å²) in [5, 5.41) is 2.96. The zero-order chi connectivity index (χ0) is 20.1. The van der Waals surface area contributed by atoms with E-state index in [-0.39, 0.29) is 17.4 Å². The first kappa shape index (κ1) is 20.0. The maximum Gasteiger partial charge on any atom is 0.220 e. The fourth-order valence-electron chi connectivity index (χ4n) is 4.56. The predicted molar refractivity (Wildman–Crippen MR) is 110 cm³/mol. The van der Waals surface area contributed by atoms with Gasteiger partial charge in [0.2, 0.25) is 5.91 Å². The van der Waals surface area contributed by atoms with Crippen LogP contribution in [0.25, 0.3) is 0 Å². The van der Waals surface area contributed by atoms with Crippen molar-refractivity contribution >= 4 is 5.91 Å². The van der Waals surface area contributed by atoms with Gasteiger partial charge in [0.25, 0.3) is 0 Å². The third-order valence-electron chi connectivity index (χ3n) is 6.09. The smallest absolute Gasteiger partial charge is 0.220 e. The molecule has 29 heavy (non-hydrogen) atoms. The van der Waals surface area contributed by atoms with Crippen molar-refractivity contribution in [1.29, 1.82) is 0 Å². The number of ether oxygens (including phenoxy) is 2. The fraction of sp³-hybridized carbons (Fsp3) is 0.522. The first-order chi connectivity index (χ1) is 14.2. The lowest BCUT2D eigenvalue weighted by Crippen LogP contribution is -2.50. The van der Waals surface area contributed by atoms with Gasteiger partial charge in [-0.3, -0.25) is 9.69 Å². The highest BCUT2D eigenvalue weighted by Gasteiger charge is 2.43. The van der Waals surface area contributed by atoms with Gasteiger partial charge in [0.05, 0.1) is 19.4 Å². The van der Waals surface area contributed by atoms with Crippen LogP contribution in [0.1, 0.15) is 42.9 Å². The number of para-hydroxylation sites is 1. The molecule has 6 nitrogen and oxygen atoms in total. The van der Waals surface area contributed by atoms with E-state index in [9.17, 15) is 4.79 Å². The lowest BCUT2D eigenvalue weighted by molar-refractivity contribution is -0.122. The highest BCUT2D eigenvalue weighted by atomic mass is 16.5. The molecule has 1 aromatic heterocycles. The first-order valence-electron chi connectivity index (χ1n) is 10.5. The van der Waals surface area contributed by atoms with E-state index in [4.69, 9.17) is 13.9 Å². The van der Waals surface area contributed by atoms with Crippen LogP contribution in [0, 0.1) is 0 Å². The van der Waals surface area contributed by atoms with Crippen molar-refractivity contribution in [2.24, 2.45) is 0 Å². The number of hydrogen-bond donors (Lipinski definition) is 1. The Morgan fingerprint density at radius 2 is 2.07 bits per heavy atom. The predicted octanol–water partition coefficient (Wildman–Crippen LogP) is 3.33. The third kappa shape index (κ3) is 4.82. The summed E-state index contributed by atoms with van der Waals surface area (Å²) in [5.41, 5.74) is 0.962. The van der Waals surface area contributed by atoms with E-state index in [1.54, 1.807) is 13.4 Å². The molecule has 1 spiro atoms. The zero-order valence-corrected chi connectivity index (χ0v) is 17.1. The number of likely N-dealkylation sites (tertiary alicyclic amines) is 1. The average Bonchev–Trinajstić information content (AvgIpc) is 3.23. The van der Waals surface area contributed by atoms with Crippen molar-refractivity contribution < 1.29 is 18.7 Å². The van der Waals surface area contributed by atoms with Crippen LogP contribution in [-0.2, 0) is 16.1 Å².